The Kier molecular flexibility index (Phi) is 6.95. The van der Waals surface area contributed by atoms with Crippen LogP contribution in [0, 0.1) is 6.92 Å². The van der Waals surface area contributed by atoms with Crippen molar-refractivity contribution in [3.05, 3.63) is 107 Å². The predicted molar refractivity (Wildman–Crippen MR) is 146 cm³/mol. The topological polar surface area (TPSA) is 57.2 Å². The summed E-state index contributed by atoms with van der Waals surface area (Å²) in [6, 6.07) is 26.7. The van der Waals surface area contributed by atoms with Gasteiger partial charge in [-0.2, -0.15) is 0 Å². The van der Waals surface area contributed by atoms with Crippen molar-refractivity contribution < 1.29 is 9.53 Å². The van der Waals surface area contributed by atoms with Crippen molar-refractivity contribution in [2.75, 3.05) is 0 Å². The van der Waals surface area contributed by atoms with Gasteiger partial charge in [0.25, 0.3) is 5.91 Å². The van der Waals surface area contributed by atoms with Crippen LogP contribution in [0.5, 0.6) is 11.5 Å². The summed E-state index contributed by atoms with van der Waals surface area (Å²) in [5, 5.41) is 0. The molecule has 1 heterocycles. The van der Waals surface area contributed by atoms with E-state index < -0.39 is 0 Å². The molecule has 0 radical (unpaired) electrons. The van der Waals surface area contributed by atoms with Crippen LogP contribution in [0.1, 0.15) is 71.5 Å². The highest BCUT2D eigenvalue weighted by molar-refractivity contribution is 6.02. The minimum atomic E-state index is -0.376. The van der Waals surface area contributed by atoms with Gasteiger partial charge in [-0.1, -0.05) is 74.4 Å². The molecule has 1 amide bonds. The van der Waals surface area contributed by atoms with Crippen LogP contribution in [0.2, 0.25) is 0 Å². The lowest BCUT2D eigenvalue weighted by atomic mass is 9.97. The Balaban J connectivity index is 1.66. The maximum Gasteiger partial charge on any atom is 0.251 e. The quantitative estimate of drug-likeness (QED) is 0.252. The number of ether oxygens (including phenoxy) is 1. The number of aromatic nitrogens is 1. The van der Waals surface area contributed by atoms with E-state index in [1.54, 1.807) is 0 Å². The average molecular weight is 479 g/mol. The number of nitrogens with zero attached hydrogens (tertiary/aromatic N) is 1. The molecule has 1 aliphatic rings. The molecule has 0 saturated heterocycles. The molecule has 3 aromatic carbocycles. The summed E-state index contributed by atoms with van der Waals surface area (Å²) in [7, 11) is 0. The summed E-state index contributed by atoms with van der Waals surface area (Å²) in [5.74, 6) is 1.15. The summed E-state index contributed by atoms with van der Waals surface area (Å²) in [4.78, 5) is 12.9. The van der Waals surface area contributed by atoms with Crippen LogP contribution in [0.15, 0.2) is 78.9 Å². The Morgan fingerprint density at radius 1 is 0.972 bits per heavy atom. The van der Waals surface area contributed by atoms with Gasteiger partial charge in [-0.15, -0.1) is 0 Å². The number of carbonyl (C=O) groups is 1. The van der Waals surface area contributed by atoms with Gasteiger partial charge < -0.3 is 15.0 Å². The molecule has 36 heavy (non-hydrogen) atoms. The van der Waals surface area contributed by atoms with Gasteiger partial charge in [-0.3, -0.25) is 4.79 Å². The van der Waals surface area contributed by atoms with Crippen LogP contribution in [0.25, 0.3) is 11.1 Å². The van der Waals surface area contributed by atoms with Crippen LogP contribution in [0.4, 0.5) is 0 Å². The number of benzene rings is 3. The third-order valence-electron chi connectivity index (χ3n) is 7.33. The first-order chi connectivity index (χ1) is 17.6. The zero-order valence-electron chi connectivity index (χ0n) is 21.2. The molecule has 5 rings (SSSR count). The third-order valence-corrected chi connectivity index (χ3v) is 7.33. The SMILES string of the molecule is CCCCCc1c(-c2cccc(Oc3ccccc3)c2)c(C(N)=O)c(C)n1C1CCc2ccccc21. The molecule has 4 aromatic rings. The van der Waals surface area contributed by atoms with E-state index in [9.17, 15) is 4.79 Å². The fourth-order valence-electron chi connectivity index (χ4n) is 5.73. The minimum Gasteiger partial charge on any atom is -0.457 e. The van der Waals surface area contributed by atoms with Crippen molar-refractivity contribution in [3.8, 4) is 22.6 Å². The lowest BCUT2D eigenvalue weighted by molar-refractivity contribution is 0.1000. The number of carbonyl (C=O) groups excluding carboxylic acids is 1. The Morgan fingerprint density at radius 3 is 2.50 bits per heavy atom. The molecule has 0 fully saturated rings. The molecule has 0 aliphatic heterocycles. The van der Waals surface area contributed by atoms with E-state index in [0.717, 1.165) is 66.8 Å². The fraction of sp³-hybridized carbons (Fsp3) is 0.281. The predicted octanol–water partition coefficient (Wildman–Crippen LogP) is 7.62. The summed E-state index contributed by atoms with van der Waals surface area (Å²) in [6.45, 7) is 4.27. The van der Waals surface area contributed by atoms with Gasteiger partial charge in [0.15, 0.2) is 0 Å². The second-order valence-electron chi connectivity index (χ2n) is 9.67. The van der Waals surface area contributed by atoms with E-state index in [1.807, 2.05) is 48.5 Å². The number of amides is 1. The van der Waals surface area contributed by atoms with Gasteiger partial charge in [0.05, 0.1) is 11.6 Å². The van der Waals surface area contributed by atoms with Crippen LogP contribution >= 0.6 is 0 Å². The Bertz CT molecular complexity index is 1370. The Morgan fingerprint density at radius 2 is 1.72 bits per heavy atom. The lowest BCUT2D eigenvalue weighted by Crippen LogP contribution is -2.15. The van der Waals surface area contributed by atoms with E-state index in [4.69, 9.17) is 10.5 Å². The highest BCUT2D eigenvalue weighted by atomic mass is 16.5. The number of aryl methyl sites for hydroxylation is 1. The molecular formula is C32H34N2O2. The Labute approximate surface area is 213 Å². The van der Waals surface area contributed by atoms with Gasteiger partial charge in [-0.25, -0.2) is 0 Å². The van der Waals surface area contributed by atoms with E-state index in [-0.39, 0.29) is 11.9 Å². The second-order valence-corrected chi connectivity index (χ2v) is 9.67. The number of nitrogens with two attached hydrogens (primary N) is 1. The molecule has 0 bridgehead atoms. The van der Waals surface area contributed by atoms with Gasteiger partial charge in [0.2, 0.25) is 0 Å². The molecule has 1 aromatic heterocycles. The number of primary amides is 1. The van der Waals surface area contributed by atoms with Crippen molar-refractivity contribution in [1.29, 1.82) is 0 Å². The zero-order chi connectivity index (χ0) is 25.1. The number of hydrogen-bond acceptors (Lipinski definition) is 2. The van der Waals surface area contributed by atoms with Crippen molar-refractivity contribution in [3.63, 3.8) is 0 Å². The first kappa shape index (κ1) is 23.9. The summed E-state index contributed by atoms with van der Waals surface area (Å²) in [5.41, 5.74) is 13.5. The molecule has 4 heteroatoms. The average Bonchev–Trinajstić information content (AvgIpc) is 3.43. The molecular weight excluding hydrogens is 444 g/mol. The maximum atomic E-state index is 12.9. The summed E-state index contributed by atoms with van der Waals surface area (Å²) >= 11 is 0. The maximum absolute atomic E-state index is 12.9. The molecule has 1 aliphatic carbocycles. The van der Waals surface area contributed by atoms with E-state index in [1.165, 1.54) is 16.8 Å². The monoisotopic (exact) mass is 478 g/mol. The fourth-order valence-corrected chi connectivity index (χ4v) is 5.73. The first-order valence-corrected chi connectivity index (χ1v) is 13.0. The van der Waals surface area contributed by atoms with E-state index in [2.05, 4.69) is 48.7 Å². The molecule has 184 valence electrons. The zero-order valence-corrected chi connectivity index (χ0v) is 21.2. The summed E-state index contributed by atoms with van der Waals surface area (Å²) < 4.78 is 8.56. The second kappa shape index (κ2) is 10.4. The third kappa shape index (κ3) is 4.56. The highest BCUT2D eigenvalue weighted by Gasteiger charge is 2.32. The lowest BCUT2D eigenvalue weighted by Gasteiger charge is -2.21. The first-order valence-electron chi connectivity index (χ1n) is 13.0. The van der Waals surface area contributed by atoms with Crippen LogP contribution in [-0.2, 0) is 12.8 Å². The summed E-state index contributed by atoms with van der Waals surface area (Å²) in [6.07, 6.45) is 6.34. The number of para-hydroxylation sites is 1. The molecule has 2 N–H and O–H groups in total. The normalized spacial score (nSPS) is 14.6. The van der Waals surface area contributed by atoms with E-state index >= 15 is 0 Å². The van der Waals surface area contributed by atoms with Crippen LogP contribution in [-0.4, -0.2) is 10.5 Å². The Hall–Kier alpha value is -3.79. The van der Waals surface area contributed by atoms with Gasteiger partial charge in [-0.05, 0) is 73.6 Å². The molecule has 1 atom stereocenters. The van der Waals surface area contributed by atoms with Gasteiger partial charge in [0, 0.05) is 17.0 Å². The number of hydrogen-bond donors (Lipinski definition) is 1. The largest absolute Gasteiger partial charge is 0.457 e. The highest BCUT2D eigenvalue weighted by Crippen LogP contribution is 2.42. The van der Waals surface area contributed by atoms with Crippen molar-refractivity contribution in [2.45, 2.75) is 58.4 Å². The van der Waals surface area contributed by atoms with Crippen molar-refractivity contribution in [2.24, 2.45) is 5.73 Å². The molecule has 1 unspecified atom stereocenters. The number of unbranched alkanes of at least 4 members (excludes halogenated alkanes) is 2. The van der Waals surface area contributed by atoms with Gasteiger partial charge in [0.1, 0.15) is 11.5 Å². The smallest absolute Gasteiger partial charge is 0.251 e. The minimum absolute atomic E-state index is 0.216. The van der Waals surface area contributed by atoms with Crippen molar-refractivity contribution >= 4 is 5.91 Å². The molecule has 4 nitrogen and oxygen atoms in total. The number of fused-ring (bicyclic) bond motifs is 1. The van der Waals surface area contributed by atoms with E-state index in [0.29, 0.717) is 5.56 Å². The van der Waals surface area contributed by atoms with Gasteiger partial charge >= 0.3 is 0 Å². The van der Waals surface area contributed by atoms with Crippen molar-refractivity contribution in [1.82, 2.24) is 4.57 Å². The molecule has 0 saturated carbocycles. The standard InChI is InChI=1S/C32H34N2O2/c1-3-4-6-18-29-31(24-13-11-16-26(21-24)36-25-14-7-5-8-15-25)30(32(33)35)22(2)34(29)28-20-19-23-12-9-10-17-27(23)28/h5,7-17,21,28H,3-4,6,18-20H2,1-2H3,(H2,33,35). The molecule has 0 spiro atoms. The number of rotatable bonds is 9. The van der Waals surface area contributed by atoms with Crippen LogP contribution in [0.3, 0.4) is 0 Å². The van der Waals surface area contributed by atoms with Crippen LogP contribution < -0.4 is 10.5 Å².